The molecule has 9 heteroatoms. The minimum Gasteiger partial charge on any atom is -0.391 e. The molecule has 0 aliphatic carbocycles. The summed E-state index contributed by atoms with van der Waals surface area (Å²) in [5.41, 5.74) is 7.16. The molecule has 0 radical (unpaired) electrons. The van der Waals surface area contributed by atoms with Crippen molar-refractivity contribution in [3.63, 3.8) is 0 Å². The number of hydrogen-bond acceptors (Lipinski definition) is 6. The van der Waals surface area contributed by atoms with Crippen LogP contribution in [0, 0.1) is 20.8 Å². The van der Waals surface area contributed by atoms with Crippen LogP contribution in [0.25, 0.3) is 27.3 Å². The lowest BCUT2D eigenvalue weighted by molar-refractivity contribution is 0.286. The first-order chi connectivity index (χ1) is 17.3. The molecule has 0 aliphatic heterocycles. The maximum absolute atomic E-state index is 13.8. The average molecular weight is 519 g/mol. The highest BCUT2D eigenvalue weighted by Gasteiger charge is 2.28. The first-order valence-corrected chi connectivity index (χ1v) is 13.9. The number of nitrogens with one attached hydrogen (secondary N) is 1. The third-order valence-electron chi connectivity index (χ3n) is 6.08. The van der Waals surface area contributed by atoms with Gasteiger partial charge in [0.05, 0.1) is 28.2 Å². The van der Waals surface area contributed by atoms with Crippen molar-refractivity contribution < 1.29 is 14.2 Å². The zero-order valence-corrected chi connectivity index (χ0v) is 22.2. The number of nitrogens with zero attached hydrogens (tertiary/aromatic N) is 3. The molecule has 5 aromatic rings. The zero-order chi connectivity index (χ0) is 25.4. The van der Waals surface area contributed by atoms with Crippen molar-refractivity contribution in [2.75, 3.05) is 12.2 Å². The molecule has 2 aromatic carbocycles. The highest BCUT2D eigenvalue weighted by molar-refractivity contribution is 7.68. The molecule has 0 bridgehead atoms. The molecule has 2 N–H and O–H groups in total. The van der Waals surface area contributed by atoms with E-state index in [0.29, 0.717) is 15.9 Å². The van der Waals surface area contributed by atoms with Gasteiger partial charge in [-0.25, -0.2) is 9.50 Å². The highest BCUT2D eigenvalue weighted by atomic mass is 32.1. The molecule has 0 spiro atoms. The summed E-state index contributed by atoms with van der Waals surface area (Å²) in [4.78, 5) is 6.16. The van der Waals surface area contributed by atoms with Crippen molar-refractivity contribution in [1.29, 1.82) is 0 Å². The Bertz CT molecular complexity index is 1610. The normalized spacial score (nSPS) is 13.1. The van der Waals surface area contributed by atoms with Crippen molar-refractivity contribution in [3.05, 3.63) is 88.6 Å². The van der Waals surface area contributed by atoms with Crippen molar-refractivity contribution in [2.45, 2.75) is 27.4 Å². The van der Waals surface area contributed by atoms with E-state index in [4.69, 9.17) is 4.52 Å². The van der Waals surface area contributed by atoms with Crippen LogP contribution in [0.4, 0.5) is 5.69 Å². The Hall–Kier alpha value is -3.29. The summed E-state index contributed by atoms with van der Waals surface area (Å²) < 4.78 is 21.1. The largest absolute Gasteiger partial charge is 0.391 e. The number of benzene rings is 2. The number of aryl methyl sites for hydroxylation is 3. The third kappa shape index (κ3) is 4.61. The predicted molar refractivity (Wildman–Crippen MR) is 146 cm³/mol. The topological polar surface area (TPSA) is 88.8 Å². The van der Waals surface area contributed by atoms with Gasteiger partial charge in [0.25, 0.3) is 0 Å². The molecule has 0 saturated carbocycles. The van der Waals surface area contributed by atoms with Crippen LogP contribution < -0.4 is 10.4 Å². The summed E-state index contributed by atoms with van der Waals surface area (Å²) in [6.45, 7) is 5.70. The smallest absolute Gasteiger partial charge is 0.323 e. The van der Waals surface area contributed by atoms with E-state index in [1.54, 1.807) is 4.52 Å². The number of aromatic nitrogens is 3. The van der Waals surface area contributed by atoms with E-state index in [1.165, 1.54) is 18.4 Å². The number of thiophene rings is 1. The summed E-state index contributed by atoms with van der Waals surface area (Å²) in [6.07, 6.45) is 1.91. The molecule has 5 rings (SSSR count). The number of aliphatic hydroxyl groups excluding tert-OH is 1. The van der Waals surface area contributed by atoms with Gasteiger partial charge in [0.1, 0.15) is 0 Å². The van der Waals surface area contributed by atoms with Crippen LogP contribution in [0.15, 0.2) is 66.9 Å². The predicted octanol–water partition coefficient (Wildman–Crippen LogP) is 6.12. The first-order valence-electron chi connectivity index (χ1n) is 11.5. The van der Waals surface area contributed by atoms with Crippen LogP contribution in [-0.4, -0.2) is 26.8 Å². The van der Waals surface area contributed by atoms with E-state index >= 15 is 0 Å². The molecule has 3 aromatic heterocycles. The van der Waals surface area contributed by atoms with E-state index in [2.05, 4.69) is 15.2 Å². The molecule has 3 heterocycles. The average Bonchev–Trinajstić information content (AvgIpc) is 3.47. The Balaban J connectivity index is 1.44. The molecule has 0 amide bonds. The van der Waals surface area contributed by atoms with Crippen LogP contribution in [0.5, 0.6) is 0 Å². The first kappa shape index (κ1) is 24.4. The van der Waals surface area contributed by atoms with Gasteiger partial charge >= 0.3 is 7.52 Å². The van der Waals surface area contributed by atoms with Crippen molar-refractivity contribution in [1.82, 2.24) is 14.6 Å². The Labute approximate surface area is 213 Å². The Morgan fingerprint density at radius 3 is 2.47 bits per heavy atom. The lowest BCUT2D eigenvalue weighted by Crippen LogP contribution is -2.16. The molecule has 1 unspecified atom stereocenters. The van der Waals surface area contributed by atoms with Gasteiger partial charge in [-0.1, -0.05) is 42.0 Å². The van der Waals surface area contributed by atoms with Crippen LogP contribution in [0.1, 0.15) is 21.7 Å². The van der Waals surface area contributed by atoms with Crippen molar-refractivity contribution in [3.8, 4) is 21.7 Å². The SMILES string of the molecule is COP(=O)(Nc1cc(-c2ccc(-c3cc4nc(C)ccn4n3)cc2)sc1CO)c1ccc(C)cc1C. The molecule has 7 nitrogen and oxygen atoms in total. The van der Waals surface area contributed by atoms with Crippen LogP contribution in [-0.2, 0) is 15.7 Å². The van der Waals surface area contributed by atoms with Gasteiger partial charge in [-0.05, 0) is 50.1 Å². The van der Waals surface area contributed by atoms with Crippen molar-refractivity contribution >= 4 is 35.5 Å². The number of rotatable bonds is 7. The fourth-order valence-corrected chi connectivity index (χ4v) is 6.98. The number of aliphatic hydroxyl groups is 1. The molecule has 184 valence electrons. The lowest BCUT2D eigenvalue weighted by atomic mass is 10.1. The molecule has 0 aliphatic rings. The molecule has 1 atom stereocenters. The van der Waals surface area contributed by atoms with E-state index in [-0.39, 0.29) is 6.61 Å². The number of hydrogen-bond donors (Lipinski definition) is 2. The van der Waals surface area contributed by atoms with E-state index in [0.717, 1.165) is 44.2 Å². The number of fused-ring (bicyclic) bond motifs is 1. The van der Waals surface area contributed by atoms with Gasteiger partial charge in [-0.3, -0.25) is 4.57 Å². The van der Waals surface area contributed by atoms with Crippen molar-refractivity contribution in [2.24, 2.45) is 0 Å². The minimum absolute atomic E-state index is 0.171. The maximum atomic E-state index is 13.8. The van der Waals surface area contributed by atoms with E-state index < -0.39 is 7.52 Å². The second-order valence-corrected chi connectivity index (χ2v) is 12.0. The second-order valence-electron chi connectivity index (χ2n) is 8.72. The van der Waals surface area contributed by atoms with Gasteiger partial charge < -0.3 is 14.7 Å². The molecule has 0 saturated heterocycles. The fourth-order valence-electron chi connectivity index (χ4n) is 4.20. The second kappa shape index (κ2) is 9.64. The highest BCUT2D eigenvalue weighted by Crippen LogP contribution is 2.48. The summed E-state index contributed by atoms with van der Waals surface area (Å²) in [5, 5.41) is 18.4. The molecule has 0 fully saturated rings. The number of anilines is 1. The van der Waals surface area contributed by atoms with Crippen LogP contribution in [0.3, 0.4) is 0 Å². The molecule has 36 heavy (non-hydrogen) atoms. The van der Waals surface area contributed by atoms with Crippen LogP contribution in [0.2, 0.25) is 0 Å². The van der Waals surface area contributed by atoms with E-state index in [1.807, 2.05) is 87.6 Å². The summed E-state index contributed by atoms with van der Waals surface area (Å²) in [5.74, 6) is 0. The monoisotopic (exact) mass is 518 g/mol. The molecular formula is C27H27N4O3PS. The minimum atomic E-state index is -3.39. The summed E-state index contributed by atoms with van der Waals surface area (Å²) >= 11 is 1.45. The van der Waals surface area contributed by atoms with Gasteiger partial charge in [0, 0.05) is 35.5 Å². The lowest BCUT2D eigenvalue weighted by Gasteiger charge is -2.20. The summed E-state index contributed by atoms with van der Waals surface area (Å²) in [6, 6.07) is 19.6. The zero-order valence-electron chi connectivity index (χ0n) is 20.5. The van der Waals surface area contributed by atoms with Crippen LogP contribution >= 0.6 is 18.9 Å². The van der Waals surface area contributed by atoms with Gasteiger partial charge in [-0.2, -0.15) is 5.10 Å². The standard InChI is InChI=1S/C27H27N4O3PS/c1-17-5-10-24(18(2)13-17)35(33,34-4)30-23-14-25(36-26(23)16-32)21-8-6-20(7-9-21)22-15-27-28-19(3)11-12-31(27)29-22/h5-15,32H,16H2,1-4H3,(H,30,33). The maximum Gasteiger partial charge on any atom is 0.323 e. The van der Waals surface area contributed by atoms with Gasteiger partial charge in [0.2, 0.25) is 0 Å². The molecular weight excluding hydrogens is 491 g/mol. The Kier molecular flexibility index (Phi) is 6.53. The Morgan fingerprint density at radius 1 is 1.03 bits per heavy atom. The third-order valence-corrected chi connectivity index (χ3v) is 9.43. The van der Waals surface area contributed by atoms with Gasteiger partial charge in [0.15, 0.2) is 5.65 Å². The fraction of sp³-hybridized carbons (Fsp3) is 0.185. The quantitative estimate of drug-likeness (QED) is 0.253. The summed E-state index contributed by atoms with van der Waals surface area (Å²) in [7, 11) is -1.95. The van der Waals surface area contributed by atoms with E-state index in [9.17, 15) is 9.67 Å². The Morgan fingerprint density at radius 2 is 1.78 bits per heavy atom. The van der Waals surface area contributed by atoms with Gasteiger partial charge in [-0.15, -0.1) is 11.3 Å².